The van der Waals surface area contributed by atoms with Crippen LogP contribution in [0.15, 0.2) is 12.1 Å². The van der Waals surface area contributed by atoms with Gasteiger partial charge in [-0.15, -0.1) is 11.3 Å². The van der Waals surface area contributed by atoms with Crippen LogP contribution in [0.25, 0.3) is 0 Å². The molecule has 0 aliphatic rings. The number of hydrogen-bond donors (Lipinski definition) is 1. The molecule has 8 heteroatoms. The zero-order valence-corrected chi connectivity index (χ0v) is 12.4. The highest BCUT2D eigenvalue weighted by Gasteiger charge is 2.23. The lowest BCUT2D eigenvalue weighted by atomic mass is 10.2. The molecule has 0 saturated carbocycles. The van der Waals surface area contributed by atoms with E-state index in [1.165, 1.54) is 11.3 Å². The number of thiazole rings is 1. The van der Waals surface area contributed by atoms with Crippen LogP contribution in [0.1, 0.15) is 28.5 Å². The summed E-state index contributed by atoms with van der Waals surface area (Å²) in [6, 6.07) is 0.868. The summed E-state index contributed by atoms with van der Waals surface area (Å²) in [6.07, 6.45) is 0. The molecule has 0 saturated heterocycles. The van der Waals surface area contributed by atoms with Crippen molar-refractivity contribution in [3.63, 3.8) is 0 Å². The Hall–Kier alpha value is -2.09. The fourth-order valence-corrected chi connectivity index (χ4v) is 2.99. The van der Waals surface area contributed by atoms with E-state index in [1.54, 1.807) is 6.92 Å². The number of benzene rings is 1. The number of aryl methyl sites for hydroxylation is 2. The van der Waals surface area contributed by atoms with E-state index in [0.717, 1.165) is 9.88 Å². The highest BCUT2D eigenvalue weighted by molar-refractivity contribution is 7.11. The van der Waals surface area contributed by atoms with E-state index in [-0.39, 0.29) is 5.69 Å². The minimum atomic E-state index is -1.00. The number of anilines is 1. The molecule has 112 valence electrons. The van der Waals surface area contributed by atoms with Crippen molar-refractivity contribution in [2.75, 3.05) is 5.32 Å². The second-order valence-electron chi connectivity index (χ2n) is 4.58. The van der Waals surface area contributed by atoms with E-state index in [9.17, 15) is 18.9 Å². The van der Waals surface area contributed by atoms with Crippen LogP contribution < -0.4 is 5.32 Å². The van der Waals surface area contributed by atoms with E-state index in [2.05, 4.69) is 10.3 Å². The molecule has 1 N–H and O–H groups in total. The molecule has 1 aromatic carbocycles. The molecule has 0 aliphatic carbocycles. The third kappa shape index (κ3) is 3.15. The van der Waals surface area contributed by atoms with Crippen LogP contribution in [0.5, 0.6) is 0 Å². The van der Waals surface area contributed by atoms with Gasteiger partial charge in [0.25, 0.3) is 5.69 Å². The van der Waals surface area contributed by atoms with Gasteiger partial charge in [-0.05, 0) is 20.8 Å². The first kappa shape index (κ1) is 15.3. The number of aromatic nitrogens is 1. The van der Waals surface area contributed by atoms with Crippen molar-refractivity contribution in [2.24, 2.45) is 0 Å². The molecule has 0 radical (unpaired) electrons. The molecular weight excluding hydrogens is 300 g/mol. The lowest BCUT2D eigenvalue weighted by molar-refractivity contribution is -0.384. The van der Waals surface area contributed by atoms with Crippen molar-refractivity contribution in [1.29, 1.82) is 0 Å². The lowest BCUT2D eigenvalue weighted by Gasteiger charge is -2.15. The summed E-state index contributed by atoms with van der Waals surface area (Å²) in [5.74, 6) is -1.99. The second kappa shape index (κ2) is 5.72. The molecule has 2 rings (SSSR count). The highest BCUT2D eigenvalue weighted by atomic mass is 32.1. The Morgan fingerprint density at radius 2 is 2.05 bits per heavy atom. The summed E-state index contributed by atoms with van der Waals surface area (Å²) in [6.45, 7) is 5.43. The fraction of sp³-hybridized carbons (Fsp3) is 0.308. The minimum Gasteiger partial charge on any atom is -0.369 e. The number of nitro benzene ring substituents is 1. The van der Waals surface area contributed by atoms with Gasteiger partial charge in [-0.2, -0.15) is 0 Å². The molecule has 1 heterocycles. The van der Waals surface area contributed by atoms with Gasteiger partial charge in [-0.3, -0.25) is 10.1 Å². The van der Waals surface area contributed by atoms with Crippen LogP contribution in [0.4, 0.5) is 20.2 Å². The van der Waals surface area contributed by atoms with Gasteiger partial charge in [0.15, 0.2) is 5.82 Å². The number of nitro groups is 1. The smallest absolute Gasteiger partial charge is 0.298 e. The minimum absolute atomic E-state index is 0.334. The molecule has 0 fully saturated rings. The summed E-state index contributed by atoms with van der Waals surface area (Å²) in [5, 5.41) is 14.5. The third-order valence-corrected chi connectivity index (χ3v) is 3.84. The molecule has 0 aliphatic heterocycles. The van der Waals surface area contributed by atoms with Crippen molar-refractivity contribution in [2.45, 2.75) is 26.8 Å². The highest BCUT2D eigenvalue weighted by Crippen LogP contribution is 2.33. The first-order valence-corrected chi connectivity index (χ1v) is 6.95. The zero-order chi connectivity index (χ0) is 15.7. The van der Waals surface area contributed by atoms with Crippen LogP contribution in [0, 0.1) is 35.6 Å². The van der Waals surface area contributed by atoms with E-state index < -0.39 is 28.3 Å². The number of nitrogens with one attached hydrogen (secondary N) is 1. The molecule has 2 aromatic rings. The maximum absolute atomic E-state index is 13.8. The first-order valence-electron chi connectivity index (χ1n) is 6.13. The average molecular weight is 313 g/mol. The Kier molecular flexibility index (Phi) is 4.17. The maximum atomic E-state index is 13.8. The SMILES string of the molecule is Cc1nc(C(C)Nc2c(F)cc(F)cc2[N+](=O)[O-])c(C)s1. The molecule has 0 amide bonds. The monoisotopic (exact) mass is 313 g/mol. The molecule has 0 spiro atoms. The number of halogens is 2. The van der Waals surface area contributed by atoms with Gasteiger partial charge in [-0.1, -0.05) is 0 Å². The molecule has 1 unspecified atom stereocenters. The normalized spacial score (nSPS) is 12.2. The fourth-order valence-electron chi connectivity index (χ4n) is 2.08. The van der Waals surface area contributed by atoms with Crippen molar-refractivity contribution in [1.82, 2.24) is 4.98 Å². The van der Waals surface area contributed by atoms with Gasteiger partial charge in [0, 0.05) is 10.9 Å². The Balaban J connectivity index is 2.39. The average Bonchev–Trinajstić information content (AvgIpc) is 2.71. The van der Waals surface area contributed by atoms with Crippen LogP contribution in [-0.2, 0) is 0 Å². The summed E-state index contributed by atoms with van der Waals surface area (Å²) in [4.78, 5) is 15.4. The number of rotatable bonds is 4. The van der Waals surface area contributed by atoms with Crippen molar-refractivity contribution in [3.05, 3.63) is 49.5 Å². The van der Waals surface area contributed by atoms with E-state index in [4.69, 9.17) is 0 Å². The van der Waals surface area contributed by atoms with Gasteiger partial charge >= 0.3 is 0 Å². The Labute approximate surface area is 123 Å². The Bertz CT molecular complexity index is 703. The van der Waals surface area contributed by atoms with Gasteiger partial charge < -0.3 is 5.32 Å². The second-order valence-corrected chi connectivity index (χ2v) is 5.99. The van der Waals surface area contributed by atoms with E-state index >= 15 is 0 Å². The van der Waals surface area contributed by atoms with Crippen molar-refractivity contribution >= 4 is 22.7 Å². The van der Waals surface area contributed by atoms with Gasteiger partial charge in [0.05, 0.1) is 27.7 Å². The quantitative estimate of drug-likeness (QED) is 0.681. The predicted molar refractivity (Wildman–Crippen MR) is 76.6 cm³/mol. The number of nitrogens with zero attached hydrogens (tertiary/aromatic N) is 2. The first-order chi connectivity index (χ1) is 9.79. The molecule has 5 nitrogen and oxygen atoms in total. The number of hydrogen-bond acceptors (Lipinski definition) is 5. The van der Waals surface area contributed by atoms with Crippen molar-refractivity contribution < 1.29 is 13.7 Å². The van der Waals surface area contributed by atoms with E-state index in [0.29, 0.717) is 17.8 Å². The Morgan fingerprint density at radius 3 is 2.57 bits per heavy atom. The largest absolute Gasteiger partial charge is 0.369 e. The molecule has 0 bridgehead atoms. The van der Waals surface area contributed by atoms with Crippen LogP contribution in [0.3, 0.4) is 0 Å². The summed E-state index contributed by atoms with van der Waals surface area (Å²) >= 11 is 1.49. The standard InChI is InChI=1S/C13H13F2N3O2S/c1-6(12-7(2)21-8(3)17-12)16-13-10(15)4-9(14)5-11(13)18(19)20/h4-6,16H,1-3H3. The lowest BCUT2D eigenvalue weighted by Crippen LogP contribution is -2.11. The van der Waals surface area contributed by atoms with Gasteiger partial charge in [-0.25, -0.2) is 13.8 Å². The predicted octanol–water partition coefficient (Wildman–Crippen LogP) is 4.12. The van der Waals surface area contributed by atoms with Gasteiger partial charge in [0.2, 0.25) is 0 Å². The van der Waals surface area contributed by atoms with Crippen molar-refractivity contribution in [3.8, 4) is 0 Å². The van der Waals surface area contributed by atoms with Crippen LogP contribution >= 0.6 is 11.3 Å². The third-order valence-electron chi connectivity index (χ3n) is 2.94. The maximum Gasteiger partial charge on any atom is 0.298 e. The molecule has 21 heavy (non-hydrogen) atoms. The van der Waals surface area contributed by atoms with E-state index in [1.807, 2.05) is 13.8 Å². The van der Waals surface area contributed by atoms with Crippen LogP contribution in [0.2, 0.25) is 0 Å². The summed E-state index contributed by atoms with van der Waals surface area (Å²) in [7, 11) is 0. The topological polar surface area (TPSA) is 68.1 Å². The Morgan fingerprint density at radius 1 is 1.38 bits per heavy atom. The van der Waals surface area contributed by atoms with Crippen LogP contribution in [-0.4, -0.2) is 9.91 Å². The molecular formula is C13H13F2N3O2S. The zero-order valence-electron chi connectivity index (χ0n) is 11.6. The molecule has 1 aromatic heterocycles. The van der Waals surface area contributed by atoms with Gasteiger partial charge in [0.1, 0.15) is 11.5 Å². The summed E-state index contributed by atoms with van der Waals surface area (Å²) < 4.78 is 26.9. The summed E-state index contributed by atoms with van der Waals surface area (Å²) in [5.41, 5.74) is -0.279. The molecule has 1 atom stereocenters.